The van der Waals surface area contributed by atoms with Crippen molar-refractivity contribution in [3.63, 3.8) is 0 Å². The highest BCUT2D eigenvalue weighted by molar-refractivity contribution is 7.89. The summed E-state index contributed by atoms with van der Waals surface area (Å²) < 4.78 is 26.9. The summed E-state index contributed by atoms with van der Waals surface area (Å²) in [5, 5.41) is 13.7. The van der Waals surface area contributed by atoms with Gasteiger partial charge in [-0.15, -0.1) is 0 Å². The van der Waals surface area contributed by atoms with Gasteiger partial charge in [0.05, 0.1) is 9.82 Å². The van der Waals surface area contributed by atoms with Crippen LogP contribution in [0.3, 0.4) is 0 Å². The van der Waals surface area contributed by atoms with Crippen LogP contribution in [-0.2, 0) is 16.6 Å². The van der Waals surface area contributed by atoms with Gasteiger partial charge >= 0.3 is 0 Å². The summed E-state index contributed by atoms with van der Waals surface area (Å²) in [6.45, 7) is 1.71. The van der Waals surface area contributed by atoms with Crippen LogP contribution in [0.2, 0.25) is 0 Å². The first-order chi connectivity index (χ1) is 12.8. The van der Waals surface area contributed by atoms with Gasteiger partial charge < -0.3 is 5.32 Å². The third kappa shape index (κ3) is 4.50. The number of carbonyl (C=O) groups is 1. The number of benzene rings is 2. The zero-order chi connectivity index (χ0) is 19.6. The number of nitro benzene ring substituents is 1. The summed E-state index contributed by atoms with van der Waals surface area (Å²) in [4.78, 5) is 23.0. The maximum atomic E-state index is 12.3. The molecule has 2 aromatic carbocycles. The minimum absolute atomic E-state index is 0.0344. The van der Waals surface area contributed by atoms with E-state index >= 15 is 0 Å². The molecule has 1 fully saturated rings. The Bertz CT molecular complexity index is 983. The van der Waals surface area contributed by atoms with Crippen molar-refractivity contribution in [1.82, 2.24) is 10.0 Å². The number of amides is 1. The van der Waals surface area contributed by atoms with Gasteiger partial charge in [-0.05, 0) is 43.5 Å². The van der Waals surface area contributed by atoms with E-state index < -0.39 is 20.9 Å². The van der Waals surface area contributed by atoms with Gasteiger partial charge in [-0.2, -0.15) is 0 Å². The van der Waals surface area contributed by atoms with Crippen LogP contribution in [-0.4, -0.2) is 25.3 Å². The van der Waals surface area contributed by atoms with Gasteiger partial charge in [-0.25, -0.2) is 13.1 Å². The Kier molecular flexibility index (Phi) is 5.24. The van der Waals surface area contributed by atoms with Crippen LogP contribution >= 0.6 is 0 Å². The van der Waals surface area contributed by atoms with E-state index in [2.05, 4.69) is 10.0 Å². The Balaban J connectivity index is 1.66. The second-order valence-corrected chi connectivity index (χ2v) is 8.14. The van der Waals surface area contributed by atoms with E-state index in [1.165, 1.54) is 37.3 Å². The van der Waals surface area contributed by atoms with Gasteiger partial charge in [0.15, 0.2) is 0 Å². The summed E-state index contributed by atoms with van der Waals surface area (Å²) in [5.74, 6) is -0.428. The van der Waals surface area contributed by atoms with E-state index in [0.29, 0.717) is 5.56 Å². The molecule has 0 saturated heterocycles. The van der Waals surface area contributed by atoms with Crippen molar-refractivity contribution in [3.05, 3.63) is 69.3 Å². The minimum atomic E-state index is -3.51. The van der Waals surface area contributed by atoms with Crippen molar-refractivity contribution in [3.8, 4) is 0 Å². The highest BCUT2D eigenvalue weighted by Crippen LogP contribution is 2.23. The van der Waals surface area contributed by atoms with Crippen molar-refractivity contribution < 1.29 is 18.1 Å². The molecule has 142 valence electrons. The normalized spacial score (nSPS) is 14.0. The van der Waals surface area contributed by atoms with Crippen molar-refractivity contribution in [2.45, 2.75) is 37.2 Å². The molecule has 0 aromatic heterocycles. The lowest BCUT2D eigenvalue weighted by Crippen LogP contribution is -2.26. The van der Waals surface area contributed by atoms with Crippen molar-refractivity contribution in [2.24, 2.45) is 0 Å². The van der Waals surface area contributed by atoms with Crippen LogP contribution < -0.4 is 10.0 Å². The Hall–Kier alpha value is -2.78. The number of nitro groups is 1. The molecule has 1 amide bonds. The van der Waals surface area contributed by atoms with Crippen LogP contribution in [0, 0.1) is 17.0 Å². The van der Waals surface area contributed by atoms with Crippen LogP contribution in [0.5, 0.6) is 0 Å². The van der Waals surface area contributed by atoms with Gasteiger partial charge in [-0.3, -0.25) is 14.9 Å². The highest BCUT2D eigenvalue weighted by Gasteiger charge is 2.27. The van der Waals surface area contributed by atoms with Gasteiger partial charge in [0.25, 0.3) is 11.6 Å². The predicted molar refractivity (Wildman–Crippen MR) is 98.8 cm³/mol. The molecule has 8 nitrogen and oxygen atoms in total. The number of carbonyl (C=O) groups excluding carboxylic acids is 1. The second-order valence-electron chi connectivity index (χ2n) is 6.43. The Morgan fingerprint density at radius 3 is 2.44 bits per heavy atom. The third-order valence-electron chi connectivity index (χ3n) is 4.33. The molecule has 0 unspecified atom stereocenters. The maximum absolute atomic E-state index is 12.3. The summed E-state index contributed by atoms with van der Waals surface area (Å²) in [7, 11) is -3.51. The first-order valence-electron chi connectivity index (χ1n) is 8.41. The fourth-order valence-electron chi connectivity index (χ4n) is 2.62. The zero-order valence-corrected chi connectivity index (χ0v) is 15.5. The lowest BCUT2D eigenvalue weighted by molar-refractivity contribution is -0.385. The molecule has 1 aliphatic carbocycles. The van der Waals surface area contributed by atoms with E-state index in [0.717, 1.165) is 18.4 Å². The number of hydrogen-bond donors (Lipinski definition) is 2. The summed E-state index contributed by atoms with van der Waals surface area (Å²) >= 11 is 0. The van der Waals surface area contributed by atoms with Crippen LogP contribution in [0.1, 0.15) is 34.3 Å². The largest absolute Gasteiger partial charge is 0.348 e. The molecule has 1 aliphatic rings. The molecule has 3 rings (SSSR count). The molecule has 0 bridgehead atoms. The first-order valence-corrected chi connectivity index (χ1v) is 9.90. The average Bonchev–Trinajstić information content (AvgIpc) is 3.43. The lowest BCUT2D eigenvalue weighted by Gasteiger charge is -2.09. The summed E-state index contributed by atoms with van der Waals surface area (Å²) in [6, 6.07) is 10.6. The number of hydrogen-bond acceptors (Lipinski definition) is 5. The molecule has 2 N–H and O–H groups in total. The molecule has 0 radical (unpaired) electrons. The number of nitrogens with one attached hydrogen (secondary N) is 2. The Morgan fingerprint density at radius 1 is 1.19 bits per heavy atom. The summed E-state index contributed by atoms with van der Waals surface area (Å²) in [6.07, 6.45) is 1.72. The van der Waals surface area contributed by atoms with Gasteiger partial charge in [0.1, 0.15) is 0 Å². The molecule has 27 heavy (non-hydrogen) atoms. The molecule has 9 heteroatoms. The lowest BCUT2D eigenvalue weighted by atomic mass is 10.1. The van der Waals surface area contributed by atoms with Crippen molar-refractivity contribution >= 4 is 21.6 Å². The fourth-order valence-corrected chi connectivity index (χ4v) is 3.92. The number of nitrogens with zero attached hydrogens (tertiary/aromatic N) is 1. The van der Waals surface area contributed by atoms with E-state index in [-0.39, 0.29) is 28.7 Å². The standard InChI is InChI=1S/C18H19N3O5S/c1-12-16(3-2-4-17(12)21(23)24)18(22)19-11-13-5-9-15(10-6-13)27(25,26)20-14-7-8-14/h2-6,9-10,14,20H,7-8,11H2,1H3,(H,19,22). The zero-order valence-electron chi connectivity index (χ0n) is 14.6. The number of rotatable bonds is 7. The van der Waals surface area contributed by atoms with Crippen molar-refractivity contribution in [1.29, 1.82) is 0 Å². The molecular formula is C18H19N3O5S. The second kappa shape index (κ2) is 7.45. The number of sulfonamides is 1. The Labute approximate surface area is 156 Å². The molecule has 0 aliphatic heterocycles. The van der Waals surface area contributed by atoms with E-state index in [1.54, 1.807) is 12.1 Å². The molecule has 0 spiro atoms. The Morgan fingerprint density at radius 2 is 1.85 bits per heavy atom. The fraction of sp³-hybridized carbons (Fsp3) is 0.278. The molecule has 1 saturated carbocycles. The van der Waals surface area contributed by atoms with E-state index in [4.69, 9.17) is 0 Å². The molecular weight excluding hydrogens is 370 g/mol. The summed E-state index contributed by atoms with van der Waals surface area (Å²) in [5.41, 5.74) is 1.14. The molecule has 2 aromatic rings. The molecule has 0 heterocycles. The van der Waals surface area contributed by atoms with Gasteiger partial charge in [-0.1, -0.05) is 18.2 Å². The van der Waals surface area contributed by atoms with Gasteiger partial charge in [0.2, 0.25) is 10.0 Å². The van der Waals surface area contributed by atoms with Gasteiger partial charge in [0, 0.05) is 29.8 Å². The first kappa shape index (κ1) is 19.0. The third-order valence-corrected chi connectivity index (χ3v) is 5.87. The average molecular weight is 389 g/mol. The highest BCUT2D eigenvalue weighted by atomic mass is 32.2. The van der Waals surface area contributed by atoms with Crippen LogP contribution in [0.25, 0.3) is 0 Å². The van der Waals surface area contributed by atoms with E-state index in [1.807, 2.05) is 0 Å². The van der Waals surface area contributed by atoms with E-state index in [9.17, 15) is 23.3 Å². The molecule has 0 atom stereocenters. The SMILES string of the molecule is Cc1c(C(=O)NCc2ccc(S(=O)(=O)NC3CC3)cc2)cccc1[N+](=O)[O-]. The quantitative estimate of drug-likeness (QED) is 0.556. The van der Waals surface area contributed by atoms with Crippen molar-refractivity contribution in [2.75, 3.05) is 0 Å². The topological polar surface area (TPSA) is 118 Å². The maximum Gasteiger partial charge on any atom is 0.273 e. The monoisotopic (exact) mass is 389 g/mol. The van der Waals surface area contributed by atoms with Crippen LogP contribution in [0.15, 0.2) is 47.4 Å². The smallest absolute Gasteiger partial charge is 0.273 e. The van der Waals surface area contributed by atoms with Crippen LogP contribution in [0.4, 0.5) is 5.69 Å². The minimum Gasteiger partial charge on any atom is -0.348 e. The predicted octanol–water partition coefficient (Wildman–Crippen LogP) is 2.27.